The second-order valence-corrected chi connectivity index (χ2v) is 16.8. The van der Waals surface area contributed by atoms with Crippen LogP contribution in [0.25, 0.3) is 39.4 Å². The highest BCUT2D eigenvalue weighted by molar-refractivity contribution is 5.99. The van der Waals surface area contributed by atoms with Crippen molar-refractivity contribution in [2.75, 3.05) is 4.90 Å². The van der Waals surface area contributed by atoms with E-state index < -0.39 is 0 Å². The van der Waals surface area contributed by atoms with E-state index in [2.05, 4.69) is 213 Å². The van der Waals surface area contributed by atoms with Gasteiger partial charge in [0.1, 0.15) is 0 Å². The third kappa shape index (κ3) is 5.54. The smallest absolute Gasteiger partial charge is 0.0646 e. The normalized spacial score (nSPS) is 20.6. The van der Waals surface area contributed by atoms with Gasteiger partial charge in [-0.25, -0.2) is 0 Å². The first-order valence-corrected chi connectivity index (χ1v) is 20.3. The minimum atomic E-state index is -0.242. The number of allylic oxidation sites excluding steroid dienone is 9. The van der Waals surface area contributed by atoms with Gasteiger partial charge in [0.2, 0.25) is 0 Å². The lowest BCUT2D eigenvalue weighted by atomic mass is 9.76. The fourth-order valence-electron chi connectivity index (χ4n) is 9.96. The molecule has 1 heterocycles. The van der Waals surface area contributed by atoms with Gasteiger partial charge in [0.15, 0.2) is 0 Å². The topological polar surface area (TPSA) is 8.17 Å². The largest absolute Gasteiger partial charge is 0.332 e. The van der Waals surface area contributed by atoms with Crippen LogP contribution in [-0.2, 0) is 11.8 Å². The first-order chi connectivity index (χ1) is 27.3. The molecule has 0 saturated heterocycles. The average Bonchev–Trinajstić information content (AvgIpc) is 3.46. The molecular formula is C54H48N2. The minimum Gasteiger partial charge on any atom is -0.332 e. The molecule has 56 heavy (non-hydrogen) atoms. The van der Waals surface area contributed by atoms with Crippen molar-refractivity contribution >= 4 is 45.1 Å². The lowest BCUT2D eigenvalue weighted by molar-refractivity contribution is 0.550. The molecule has 2 heteroatoms. The van der Waals surface area contributed by atoms with Crippen LogP contribution in [0.15, 0.2) is 175 Å². The van der Waals surface area contributed by atoms with Crippen molar-refractivity contribution < 1.29 is 0 Å². The second-order valence-electron chi connectivity index (χ2n) is 16.8. The van der Waals surface area contributed by atoms with Crippen molar-refractivity contribution in [3.05, 3.63) is 209 Å². The Bertz CT molecular complexity index is 2690. The Hall–Kier alpha value is -6.12. The Morgan fingerprint density at radius 3 is 2.23 bits per heavy atom. The van der Waals surface area contributed by atoms with Gasteiger partial charge in [0.25, 0.3) is 0 Å². The SMILES string of the molecule is CC1Cc2c(c3ccccc3n2-c2ccc(C3=CCC=CC=C3)cc2)C=C1c1ccc(N(c2ccccc2)C2(C)C=C3C(=CC2)c2ccccc2C3(C)C)cc1. The number of nitrogens with zero attached hydrogens (tertiary/aromatic N) is 2. The Morgan fingerprint density at radius 1 is 0.696 bits per heavy atom. The second kappa shape index (κ2) is 13.3. The highest BCUT2D eigenvalue weighted by atomic mass is 15.2. The van der Waals surface area contributed by atoms with Gasteiger partial charge in [0.05, 0.1) is 11.1 Å². The number of benzene rings is 5. The third-order valence-electron chi connectivity index (χ3n) is 12.8. The van der Waals surface area contributed by atoms with E-state index in [0.717, 1.165) is 19.3 Å². The van der Waals surface area contributed by atoms with Gasteiger partial charge in [-0.3, -0.25) is 0 Å². The molecule has 0 amide bonds. The van der Waals surface area contributed by atoms with E-state index >= 15 is 0 Å². The summed E-state index contributed by atoms with van der Waals surface area (Å²) in [7, 11) is 0. The number of aromatic nitrogens is 1. The molecule has 2 atom stereocenters. The van der Waals surface area contributed by atoms with E-state index in [0.29, 0.717) is 5.92 Å². The maximum atomic E-state index is 2.57. The number of para-hydroxylation sites is 2. The van der Waals surface area contributed by atoms with Crippen molar-refractivity contribution in [2.24, 2.45) is 5.92 Å². The molecule has 274 valence electrons. The van der Waals surface area contributed by atoms with Crippen LogP contribution in [0.4, 0.5) is 11.4 Å². The van der Waals surface area contributed by atoms with Crippen molar-refractivity contribution in [1.29, 1.82) is 0 Å². The summed E-state index contributed by atoms with van der Waals surface area (Å²) in [6, 6.07) is 47.4. The standard InChI is InChI=1S/C54H48N2/c1-37-34-52-48(46-21-13-15-23-51(46)55(52)41-28-24-39(25-29-41)38-16-8-5-6-9-17-38)35-47(37)40-26-30-43(31-27-40)56(42-18-10-7-11-19-42)54(4)33-32-45-44-20-12-14-22-49(44)53(2,3)50(45)36-54/h5-8,10-32,35-37H,9,33-34H2,1-4H3. The van der Waals surface area contributed by atoms with E-state index in [1.54, 1.807) is 0 Å². The molecule has 10 rings (SSSR count). The van der Waals surface area contributed by atoms with Crippen molar-refractivity contribution in [1.82, 2.24) is 4.57 Å². The van der Waals surface area contributed by atoms with E-state index in [9.17, 15) is 0 Å². The fourth-order valence-corrected chi connectivity index (χ4v) is 9.96. The molecule has 0 N–H and O–H groups in total. The third-order valence-corrected chi connectivity index (χ3v) is 12.8. The molecule has 4 aliphatic rings. The highest BCUT2D eigenvalue weighted by Gasteiger charge is 2.43. The summed E-state index contributed by atoms with van der Waals surface area (Å²) in [5.41, 5.74) is 18.2. The van der Waals surface area contributed by atoms with Crippen LogP contribution >= 0.6 is 0 Å². The quantitative estimate of drug-likeness (QED) is 0.166. The predicted molar refractivity (Wildman–Crippen MR) is 238 cm³/mol. The molecular weight excluding hydrogens is 677 g/mol. The molecule has 0 spiro atoms. The van der Waals surface area contributed by atoms with Crippen LogP contribution in [0.5, 0.6) is 0 Å². The van der Waals surface area contributed by atoms with Crippen LogP contribution in [-0.4, -0.2) is 10.1 Å². The molecule has 0 radical (unpaired) electrons. The molecule has 1 aromatic heterocycles. The number of rotatable bonds is 6. The van der Waals surface area contributed by atoms with Crippen LogP contribution < -0.4 is 4.90 Å². The summed E-state index contributed by atoms with van der Waals surface area (Å²) in [5, 5.41) is 1.31. The summed E-state index contributed by atoms with van der Waals surface area (Å²) < 4.78 is 2.50. The highest BCUT2D eigenvalue weighted by Crippen LogP contribution is 2.54. The summed E-state index contributed by atoms with van der Waals surface area (Å²) in [4.78, 5) is 2.56. The zero-order valence-electron chi connectivity index (χ0n) is 32.8. The zero-order chi connectivity index (χ0) is 38.0. The van der Waals surface area contributed by atoms with Crippen LogP contribution in [0.3, 0.4) is 0 Å². The zero-order valence-corrected chi connectivity index (χ0v) is 32.8. The Morgan fingerprint density at radius 2 is 1.41 bits per heavy atom. The minimum absolute atomic E-state index is 0.0485. The predicted octanol–water partition coefficient (Wildman–Crippen LogP) is 13.9. The summed E-state index contributed by atoms with van der Waals surface area (Å²) in [6.07, 6.45) is 21.4. The molecule has 0 aliphatic heterocycles. The molecule has 5 aromatic carbocycles. The Kier molecular flexibility index (Phi) is 8.15. The molecule has 6 aromatic rings. The van der Waals surface area contributed by atoms with Gasteiger partial charge in [-0.15, -0.1) is 0 Å². The molecule has 0 bridgehead atoms. The van der Waals surface area contributed by atoms with Gasteiger partial charge >= 0.3 is 0 Å². The molecule has 0 saturated carbocycles. The van der Waals surface area contributed by atoms with Gasteiger partial charge in [-0.2, -0.15) is 0 Å². The first kappa shape index (κ1) is 34.4. The number of hydrogen-bond acceptors (Lipinski definition) is 1. The van der Waals surface area contributed by atoms with Crippen LogP contribution in [0, 0.1) is 5.92 Å². The summed E-state index contributed by atoms with van der Waals surface area (Å²) in [5.74, 6) is 0.366. The van der Waals surface area contributed by atoms with Gasteiger partial charge < -0.3 is 9.47 Å². The maximum absolute atomic E-state index is 2.57. The van der Waals surface area contributed by atoms with Gasteiger partial charge in [-0.1, -0.05) is 148 Å². The maximum Gasteiger partial charge on any atom is 0.0646 e. The first-order valence-electron chi connectivity index (χ1n) is 20.3. The van der Waals surface area contributed by atoms with Crippen molar-refractivity contribution in [3.63, 3.8) is 0 Å². The van der Waals surface area contributed by atoms with Gasteiger partial charge in [-0.05, 0) is 125 Å². The lowest BCUT2D eigenvalue weighted by Gasteiger charge is -2.44. The van der Waals surface area contributed by atoms with E-state index in [1.165, 1.54) is 83.8 Å². The average molecular weight is 725 g/mol. The van der Waals surface area contributed by atoms with Crippen LogP contribution in [0.2, 0.25) is 0 Å². The Labute approximate surface area is 331 Å². The molecule has 2 unspecified atom stereocenters. The van der Waals surface area contributed by atoms with Gasteiger partial charge in [0, 0.05) is 39.1 Å². The Balaban J connectivity index is 1.01. The lowest BCUT2D eigenvalue weighted by Crippen LogP contribution is -2.43. The summed E-state index contributed by atoms with van der Waals surface area (Å²) >= 11 is 0. The molecule has 0 fully saturated rings. The molecule has 4 aliphatic carbocycles. The van der Waals surface area contributed by atoms with Crippen molar-refractivity contribution in [3.8, 4) is 5.69 Å². The van der Waals surface area contributed by atoms with Crippen molar-refractivity contribution in [2.45, 2.75) is 57.9 Å². The van der Waals surface area contributed by atoms with E-state index in [-0.39, 0.29) is 11.0 Å². The number of fused-ring (bicyclic) bond motifs is 6. The number of hydrogen-bond donors (Lipinski definition) is 0. The van der Waals surface area contributed by atoms with E-state index in [1.807, 2.05) is 0 Å². The van der Waals surface area contributed by atoms with Crippen LogP contribution in [0.1, 0.15) is 74.0 Å². The van der Waals surface area contributed by atoms with E-state index in [4.69, 9.17) is 0 Å². The number of anilines is 2. The summed E-state index contributed by atoms with van der Waals surface area (Å²) in [6.45, 7) is 9.57. The molecule has 2 nitrogen and oxygen atoms in total. The monoisotopic (exact) mass is 724 g/mol. The fraction of sp³-hybridized carbons (Fsp3) is 0.185.